The lowest BCUT2D eigenvalue weighted by Gasteiger charge is -2.28. The topological polar surface area (TPSA) is 58.6 Å². The summed E-state index contributed by atoms with van der Waals surface area (Å²) in [5.41, 5.74) is 2.06. The van der Waals surface area contributed by atoms with Crippen LogP contribution in [0.4, 0.5) is 0 Å². The van der Waals surface area contributed by atoms with Crippen LogP contribution in [-0.4, -0.2) is 35.9 Å². The zero-order valence-electron chi connectivity index (χ0n) is 15.9. The molecule has 6 heteroatoms. The molecule has 0 saturated carbocycles. The molecule has 2 aromatic carbocycles. The first-order chi connectivity index (χ1) is 12.9. The van der Waals surface area contributed by atoms with Gasteiger partial charge in [0.1, 0.15) is 11.8 Å². The first-order valence-corrected chi connectivity index (χ1v) is 9.29. The molecule has 1 N–H and O–H groups in total. The number of likely N-dealkylation sites (N-methyl/N-ethyl adjacent to an activating group) is 1. The van der Waals surface area contributed by atoms with E-state index in [9.17, 15) is 9.59 Å². The third-order valence-electron chi connectivity index (χ3n) is 4.11. The van der Waals surface area contributed by atoms with Gasteiger partial charge in [0.2, 0.25) is 5.91 Å². The van der Waals surface area contributed by atoms with Gasteiger partial charge in [0.05, 0.1) is 0 Å². The fourth-order valence-electron chi connectivity index (χ4n) is 2.70. The second-order valence-corrected chi connectivity index (χ2v) is 6.76. The Bertz CT molecular complexity index is 795. The maximum atomic E-state index is 12.8. The average molecular weight is 389 g/mol. The molecule has 0 radical (unpaired) electrons. The van der Waals surface area contributed by atoms with Crippen molar-refractivity contribution < 1.29 is 14.3 Å². The van der Waals surface area contributed by atoms with Gasteiger partial charge < -0.3 is 15.0 Å². The highest BCUT2D eigenvalue weighted by Crippen LogP contribution is 2.18. The molecular formula is C21H25ClN2O3. The van der Waals surface area contributed by atoms with Gasteiger partial charge in [-0.15, -0.1) is 0 Å². The van der Waals surface area contributed by atoms with Crippen molar-refractivity contribution >= 4 is 23.4 Å². The largest absolute Gasteiger partial charge is 0.484 e. The zero-order chi connectivity index (χ0) is 19.8. The summed E-state index contributed by atoms with van der Waals surface area (Å²) in [6, 6.07) is 14.1. The van der Waals surface area contributed by atoms with Crippen molar-refractivity contribution in [1.82, 2.24) is 10.2 Å². The second kappa shape index (κ2) is 9.97. The van der Waals surface area contributed by atoms with Crippen LogP contribution in [0.2, 0.25) is 5.02 Å². The molecule has 2 amide bonds. The molecule has 0 heterocycles. The van der Waals surface area contributed by atoms with E-state index in [1.165, 1.54) is 4.90 Å². The SMILES string of the molecule is CCNC(=O)[C@@H](C)N(Cc1cccc(C)c1)C(=O)COc1cccc(Cl)c1. The Labute approximate surface area is 165 Å². The van der Waals surface area contributed by atoms with Crippen molar-refractivity contribution in [3.8, 4) is 5.75 Å². The van der Waals surface area contributed by atoms with Gasteiger partial charge in [-0.25, -0.2) is 0 Å². The van der Waals surface area contributed by atoms with Gasteiger partial charge in [-0.3, -0.25) is 9.59 Å². The number of carbonyl (C=O) groups excluding carboxylic acids is 2. The average Bonchev–Trinajstić information content (AvgIpc) is 2.64. The van der Waals surface area contributed by atoms with Gasteiger partial charge in [-0.1, -0.05) is 47.5 Å². The summed E-state index contributed by atoms with van der Waals surface area (Å²) in [4.78, 5) is 26.7. The predicted octanol–water partition coefficient (Wildman–Crippen LogP) is 3.58. The quantitative estimate of drug-likeness (QED) is 0.751. The standard InChI is InChI=1S/C21H25ClN2O3/c1-4-23-21(26)16(3)24(13-17-8-5-7-15(2)11-17)20(25)14-27-19-10-6-9-18(22)12-19/h5-12,16H,4,13-14H2,1-3H3,(H,23,26)/t16-/m1/s1. The summed E-state index contributed by atoms with van der Waals surface area (Å²) in [5.74, 6) is 0.0495. The lowest BCUT2D eigenvalue weighted by atomic mass is 10.1. The Hall–Kier alpha value is -2.53. The lowest BCUT2D eigenvalue weighted by molar-refractivity contribution is -0.142. The Morgan fingerprint density at radius 2 is 1.93 bits per heavy atom. The summed E-state index contributed by atoms with van der Waals surface area (Å²) in [6.07, 6.45) is 0. The van der Waals surface area contributed by atoms with E-state index in [4.69, 9.17) is 16.3 Å². The number of aryl methyl sites for hydroxylation is 1. The minimum absolute atomic E-state index is 0.171. The Balaban J connectivity index is 2.14. The number of nitrogens with one attached hydrogen (secondary N) is 1. The molecule has 0 aromatic heterocycles. The van der Waals surface area contributed by atoms with Gasteiger partial charge in [-0.2, -0.15) is 0 Å². The summed E-state index contributed by atoms with van der Waals surface area (Å²) in [5, 5.41) is 3.30. The molecule has 2 rings (SSSR count). The van der Waals surface area contributed by atoms with Crippen molar-refractivity contribution in [3.05, 3.63) is 64.7 Å². The molecule has 0 fully saturated rings. The fraction of sp³-hybridized carbons (Fsp3) is 0.333. The highest BCUT2D eigenvalue weighted by molar-refractivity contribution is 6.30. The van der Waals surface area contributed by atoms with Crippen LogP contribution in [0.3, 0.4) is 0 Å². The summed E-state index contributed by atoms with van der Waals surface area (Å²) in [6.45, 7) is 6.23. The monoisotopic (exact) mass is 388 g/mol. The molecule has 0 spiro atoms. The van der Waals surface area contributed by atoms with Crippen LogP contribution < -0.4 is 10.1 Å². The van der Waals surface area contributed by atoms with E-state index in [-0.39, 0.29) is 18.4 Å². The van der Waals surface area contributed by atoms with Crippen molar-refractivity contribution in [3.63, 3.8) is 0 Å². The predicted molar refractivity (Wildman–Crippen MR) is 107 cm³/mol. The number of halogens is 1. The number of hydrogen-bond donors (Lipinski definition) is 1. The molecule has 0 aliphatic rings. The summed E-state index contributed by atoms with van der Waals surface area (Å²) >= 11 is 5.94. The first-order valence-electron chi connectivity index (χ1n) is 8.91. The second-order valence-electron chi connectivity index (χ2n) is 6.33. The number of benzene rings is 2. The van der Waals surface area contributed by atoms with Gasteiger partial charge in [0.15, 0.2) is 6.61 Å². The van der Waals surface area contributed by atoms with E-state index in [0.29, 0.717) is 23.9 Å². The smallest absolute Gasteiger partial charge is 0.261 e. The summed E-state index contributed by atoms with van der Waals surface area (Å²) in [7, 11) is 0. The molecule has 0 saturated heterocycles. The zero-order valence-corrected chi connectivity index (χ0v) is 16.6. The fourth-order valence-corrected chi connectivity index (χ4v) is 2.88. The lowest BCUT2D eigenvalue weighted by Crippen LogP contribution is -2.49. The van der Waals surface area contributed by atoms with Crippen LogP contribution in [0.15, 0.2) is 48.5 Å². The van der Waals surface area contributed by atoms with E-state index in [1.807, 2.05) is 38.1 Å². The van der Waals surface area contributed by atoms with E-state index in [2.05, 4.69) is 5.32 Å². The van der Waals surface area contributed by atoms with E-state index < -0.39 is 6.04 Å². The number of amides is 2. The highest BCUT2D eigenvalue weighted by atomic mass is 35.5. The summed E-state index contributed by atoms with van der Waals surface area (Å²) < 4.78 is 5.57. The van der Waals surface area contributed by atoms with Crippen molar-refractivity contribution in [2.45, 2.75) is 33.4 Å². The highest BCUT2D eigenvalue weighted by Gasteiger charge is 2.26. The molecule has 5 nitrogen and oxygen atoms in total. The number of rotatable bonds is 8. The molecule has 0 bridgehead atoms. The number of hydrogen-bond acceptors (Lipinski definition) is 3. The van der Waals surface area contributed by atoms with Crippen molar-refractivity contribution in [2.24, 2.45) is 0 Å². The minimum Gasteiger partial charge on any atom is -0.484 e. The van der Waals surface area contributed by atoms with E-state index in [0.717, 1.165) is 11.1 Å². The number of carbonyl (C=O) groups is 2. The molecule has 0 unspecified atom stereocenters. The Kier molecular flexibility index (Phi) is 7.67. The van der Waals surface area contributed by atoms with Crippen molar-refractivity contribution in [1.29, 1.82) is 0 Å². The molecule has 144 valence electrons. The normalized spacial score (nSPS) is 11.6. The molecular weight excluding hydrogens is 364 g/mol. The van der Waals surface area contributed by atoms with E-state index in [1.54, 1.807) is 31.2 Å². The van der Waals surface area contributed by atoms with Crippen LogP contribution in [0.5, 0.6) is 5.75 Å². The molecule has 0 aliphatic heterocycles. The van der Waals surface area contributed by atoms with Gasteiger partial charge in [0, 0.05) is 18.1 Å². The molecule has 27 heavy (non-hydrogen) atoms. The van der Waals surface area contributed by atoms with Gasteiger partial charge >= 0.3 is 0 Å². The number of nitrogens with zero attached hydrogens (tertiary/aromatic N) is 1. The van der Waals surface area contributed by atoms with Crippen LogP contribution in [0.25, 0.3) is 0 Å². The van der Waals surface area contributed by atoms with Crippen LogP contribution >= 0.6 is 11.6 Å². The number of ether oxygens (including phenoxy) is 1. The van der Waals surface area contributed by atoms with Crippen LogP contribution in [-0.2, 0) is 16.1 Å². The van der Waals surface area contributed by atoms with Crippen LogP contribution in [0, 0.1) is 6.92 Å². The van der Waals surface area contributed by atoms with E-state index >= 15 is 0 Å². The third kappa shape index (κ3) is 6.29. The van der Waals surface area contributed by atoms with Gasteiger partial charge in [0.25, 0.3) is 5.91 Å². The third-order valence-corrected chi connectivity index (χ3v) is 4.35. The van der Waals surface area contributed by atoms with Gasteiger partial charge in [-0.05, 0) is 44.5 Å². The first kappa shape index (κ1) is 20.8. The van der Waals surface area contributed by atoms with Crippen LogP contribution in [0.1, 0.15) is 25.0 Å². The molecule has 2 aromatic rings. The Morgan fingerprint density at radius 1 is 1.19 bits per heavy atom. The molecule has 0 aliphatic carbocycles. The molecule has 1 atom stereocenters. The minimum atomic E-state index is -0.610. The maximum absolute atomic E-state index is 12.8. The Morgan fingerprint density at radius 3 is 2.59 bits per heavy atom. The maximum Gasteiger partial charge on any atom is 0.261 e. The van der Waals surface area contributed by atoms with Crippen molar-refractivity contribution in [2.75, 3.05) is 13.2 Å².